The molecule has 17 heavy (non-hydrogen) atoms. The number of rotatable bonds is 3. The molecule has 0 aliphatic heterocycles. The third kappa shape index (κ3) is 3.79. The zero-order valence-corrected chi connectivity index (χ0v) is 8.03. The molecule has 0 aromatic rings. The van der Waals surface area contributed by atoms with Crippen molar-refractivity contribution in [2.45, 2.75) is 18.0 Å². The third-order valence-electron chi connectivity index (χ3n) is 1.31. The van der Waals surface area contributed by atoms with E-state index in [4.69, 9.17) is 5.11 Å². The van der Waals surface area contributed by atoms with E-state index in [1.165, 1.54) is 0 Å². The van der Waals surface area contributed by atoms with Crippen molar-refractivity contribution in [3.63, 3.8) is 0 Å². The molecular weight excluding hydrogens is 265 g/mol. The van der Waals surface area contributed by atoms with Gasteiger partial charge in [0.25, 0.3) is 0 Å². The highest BCUT2D eigenvalue weighted by molar-refractivity contribution is 5.57. The van der Waals surface area contributed by atoms with Crippen LogP contribution in [0.25, 0.3) is 0 Å². The van der Waals surface area contributed by atoms with Crippen LogP contribution in [0.3, 0.4) is 0 Å². The van der Waals surface area contributed by atoms with Crippen molar-refractivity contribution in [1.29, 1.82) is 0 Å². The normalized spacial score (nSPS) is 15.2. The summed E-state index contributed by atoms with van der Waals surface area (Å²) in [5.41, 5.74) is -5.70. The minimum atomic E-state index is -6.30. The van der Waals surface area contributed by atoms with E-state index in [1.54, 1.807) is 0 Å². The fourth-order valence-corrected chi connectivity index (χ4v) is 0.509. The molecule has 0 aromatic heterocycles. The van der Waals surface area contributed by atoms with Crippen molar-refractivity contribution in [2.75, 3.05) is 6.67 Å². The minimum absolute atomic E-state index is 2.37. The molecule has 0 saturated carbocycles. The molecular formula is C7H7F7O3. The number of hydrogen-bond donors (Lipinski definition) is 1. The number of hydrogen-bond acceptors (Lipinski definition) is 2. The second-order valence-corrected chi connectivity index (χ2v) is 2.32. The average molecular weight is 272 g/mol. The van der Waals surface area contributed by atoms with Crippen LogP contribution in [0.4, 0.5) is 35.5 Å². The first-order valence-corrected chi connectivity index (χ1v) is 3.59. The van der Waals surface area contributed by atoms with Crippen molar-refractivity contribution in [3.8, 4) is 0 Å². The zero-order chi connectivity index (χ0) is 14.5. The van der Waals surface area contributed by atoms with E-state index in [-0.39, 0.29) is 0 Å². The predicted octanol–water partition coefficient (Wildman–Crippen LogP) is 3.32. The molecule has 3 nitrogen and oxygen atoms in total. The molecule has 0 rings (SSSR count). The lowest BCUT2D eigenvalue weighted by Gasteiger charge is -2.30. The Morgan fingerprint density at radius 2 is 1.47 bits per heavy atom. The van der Waals surface area contributed by atoms with Crippen LogP contribution in [-0.4, -0.2) is 35.9 Å². The Hall–Kier alpha value is -1.48. The predicted molar refractivity (Wildman–Crippen MR) is 41.2 cm³/mol. The van der Waals surface area contributed by atoms with E-state index < -0.39 is 30.8 Å². The minimum Gasteiger partial charge on any atom is -0.450 e. The van der Waals surface area contributed by atoms with Gasteiger partial charge in [-0.25, -0.2) is 13.6 Å². The summed E-state index contributed by atoms with van der Waals surface area (Å²) in [6, 6.07) is 0. The maximum atomic E-state index is 12.5. The molecule has 10 heteroatoms. The SMILES string of the molecule is C=C.O=C(O)OC(F)(F)C(F)(CF)C(F)(F)F. The van der Waals surface area contributed by atoms with Crippen LogP contribution in [0, 0.1) is 0 Å². The molecule has 0 spiro atoms. The number of ether oxygens (including phenoxy) is 1. The molecule has 0 radical (unpaired) electrons. The second-order valence-electron chi connectivity index (χ2n) is 2.32. The number of halogens is 7. The highest BCUT2D eigenvalue weighted by Crippen LogP contribution is 2.46. The summed E-state index contributed by atoms with van der Waals surface area (Å²) in [6.45, 7) is 2.83. The number of carbonyl (C=O) groups is 1. The van der Waals surface area contributed by atoms with Gasteiger partial charge >= 0.3 is 24.1 Å². The van der Waals surface area contributed by atoms with Crippen molar-refractivity contribution in [3.05, 3.63) is 13.2 Å². The summed E-state index contributed by atoms with van der Waals surface area (Å²) < 4.78 is 86.1. The van der Waals surface area contributed by atoms with E-state index in [0.717, 1.165) is 0 Å². The van der Waals surface area contributed by atoms with Gasteiger partial charge < -0.3 is 9.84 Å². The molecule has 0 bridgehead atoms. The standard InChI is InChI=1S/C5H3F7O3.C2H4/c6-1-3(7,4(8,9)10)5(11,12)15-2(13)14;1-2/h1H2,(H,13,14);1-2H2. The molecule has 0 heterocycles. The van der Waals surface area contributed by atoms with Gasteiger partial charge in [-0.15, -0.1) is 13.2 Å². The van der Waals surface area contributed by atoms with Crippen LogP contribution in [0.2, 0.25) is 0 Å². The zero-order valence-electron chi connectivity index (χ0n) is 8.03. The first-order chi connectivity index (χ1) is 7.48. The van der Waals surface area contributed by atoms with E-state index in [1.807, 2.05) is 0 Å². The maximum Gasteiger partial charge on any atom is 0.510 e. The van der Waals surface area contributed by atoms with Crippen LogP contribution >= 0.6 is 0 Å². The lowest BCUT2D eigenvalue weighted by Crippen LogP contribution is -2.58. The summed E-state index contributed by atoms with van der Waals surface area (Å²) in [4.78, 5) is 9.55. The fourth-order valence-electron chi connectivity index (χ4n) is 0.509. The summed E-state index contributed by atoms with van der Waals surface area (Å²) in [6.07, 6.45) is -15.0. The molecule has 0 aromatic carbocycles. The van der Waals surface area contributed by atoms with Gasteiger partial charge in [-0.05, 0) is 0 Å². The van der Waals surface area contributed by atoms with Crippen molar-refractivity contribution in [1.82, 2.24) is 0 Å². The van der Waals surface area contributed by atoms with Gasteiger partial charge in [0.15, 0.2) is 0 Å². The molecule has 1 atom stereocenters. The van der Waals surface area contributed by atoms with E-state index >= 15 is 0 Å². The maximum absolute atomic E-state index is 12.5. The Balaban J connectivity index is 0. The summed E-state index contributed by atoms with van der Waals surface area (Å²) in [7, 11) is 0. The summed E-state index contributed by atoms with van der Waals surface area (Å²) in [5, 5.41) is 7.61. The largest absolute Gasteiger partial charge is 0.510 e. The Bertz CT molecular complexity index is 265. The quantitative estimate of drug-likeness (QED) is 0.487. The molecule has 0 aliphatic carbocycles. The fraction of sp³-hybridized carbons (Fsp3) is 0.571. The molecule has 0 fully saturated rings. The van der Waals surface area contributed by atoms with Crippen LogP contribution in [-0.2, 0) is 4.74 Å². The van der Waals surface area contributed by atoms with Gasteiger partial charge in [-0.2, -0.15) is 22.0 Å². The topological polar surface area (TPSA) is 46.5 Å². The van der Waals surface area contributed by atoms with E-state index in [0.29, 0.717) is 0 Å². The van der Waals surface area contributed by atoms with Crippen LogP contribution in [0.15, 0.2) is 13.2 Å². The lowest BCUT2D eigenvalue weighted by molar-refractivity contribution is -0.370. The van der Waals surface area contributed by atoms with Crippen LogP contribution in [0.5, 0.6) is 0 Å². The van der Waals surface area contributed by atoms with Gasteiger partial charge in [0, 0.05) is 0 Å². The highest BCUT2D eigenvalue weighted by Gasteiger charge is 2.74. The lowest BCUT2D eigenvalue weighted by atomic mass is 10.1. The van der Waals surface area contributed by atoms with Crippen LogP contribution < -0.4 is 0 Å². The van der Waals surface area contributed by atoms with Crippen molar-refractivity contribution < 1.29 is 45.4 Å². The highest BCUT2D eigenvalue weighted by atomic mass is 19.4. The summed E-state index contributed by atoms with van der Waals surface area (Å²) in [5.74, 6) is 0. The summed E-state index contributed by atoms with van der Waals surface area (Å²) >= 11 is 0. The van der Waals surface area contributed by atoms with E-state index in [2.05, 4.69) is 17.9 Å². The number of carboxylic acid groups (broad SMARTS) is 1. The van der Waals surface area contributed by atoms with E-state index in [9.17, 15) is 35.5 Å². The van der Waals surface area contributed by atoms with Gasteiger partial charge in [0.2, 0.25) is 0 Å². The van der Waals surface area contributed by atoms with Crippen LogP contribution in [0.1, 0.15) is 0 Å². The monoisotopic (exact) mass is 272 g/mol. The third-order valence-corrected chi connectivity index (χ3v) is 1.31. The molecule has 0 aliphatic rings. The molecule has 102 valence electrons. The Morgan fingerprint density at radius 1 is 1.12 bits per heavy atom. The first-order valence-electron chi connectivity index (χ1n) is 3.59. The van der Waals surface area contributed by atoms with Gasteiger partial charge in [-0.1, -0.05) is 0 Å². The number of alkyl halides is 7. The van der Waals surface area contributed by atoms with Gasteiger partial charge in [0.05, 0.1) is 0 Å². The molecule has 0 saturated heterocycles. The van der Waals surface area contributed by atoms with Crippen molar-refractivity contribution in [2.24, 2.45) is 0 Å². The average Bonchev–Trinajstić information content (AvgIpc) is 2.15. The molecule has 1 N–H and O–H groups in total. The molecule has 0 amide bonds. The smallest absolute Gasteiger partial charge is 0.450 e. The van der Waals surface area contributed by atoms with Crippen molar-refractivity contribution >= 4 is 6.16 Å². The first kappa shape index (κ1) is 17.9. The Morgan fingerprint density at radius 3 is 1.65 bits per heavy atom. The Kier molecular flexibility index (Phi) is 6.03. The molecule has 1 unspecified atom stereocenters. The van der Waals surface area contributed by atoms with Gasteiger partial charge in [-0.3, -0.25) is 0 Å². The van der Waals surface area contributed by atoms with Gasteiger partial charge in [0.1, 0.15) is 6.67 Å². The second kappa shape index (κ2) is 5.73. The Labute approximate surface area is 90.5 Å².